The molecule has 0 bridgehead atoms. The van der Waals surface area contributed by atoms with E-state index in [0.717, 1.165) is 28.1 Å². The van der Waals surface area contributed by atoms with E-state index in [1.807, 2.05) is 83.8 Å². The van der Waals surface area contributed by atoms with E-state index in [-0.39, 0.29) is 11.9 Å². The lowest BCUT2D eigenvalue weighted by Gasteiger charge is -2.43. The molecule has 1 heterocycles. The van der Waals surface area contributed by atoms with Gasteiger partial charge in [0.1, 0.15) is 5.75 Å². The molecule has 128 valence electrons. The predicted molar refractivity (Wildman–Crippen MR) is 104 cm³/mol. The van der Waals surface area contributed by atoms with Crippen LogP contribution in [0.4, 0.5) is 5.69 Å². The van der Waals surface area contributed by atoms with E-state index in [1.54, 1.807) is 7.11 Å². The van der Waals surface area contributed by atoms with Crippen LogP contribution in [0.3, 0.4) is 0 Å². The van der Waals surface area contributed by atoms with Crippen LogP contribution in [0, 0.1) is 0 Å². The summed E-state index contributed by atoms with van der Waals surface area (Å²) < 4.78 is 5.22. The van der Waals surface area contributed by atoms with Crippen LogP contribution in [-0.2, 0) is 4.79 Å². The zero-order chi connectivity index (χ0) is 17.9. The van der Waals surface area contributed by atoms with E-state index >= 15 is 0 Å². The Morgan fingerprint density at radius 1 is 0.846 bits per heavy atom. The smallest absolute Gasteiger partial charge is 0.257 e. The second-order valence-corrected chi connectivity index (χ2v) is 6.20. The minimum Gasteiger partial charge on any atom is -0.497 e. The third-order valence-electron chi connectivity index (χ3n) is 4.61. The van der Waals surface area contributed by atoms with Gasteiger partial charge < -0.3 is 4.74 Å². The Morgan fingerprint density at radius 2 is 1.46 bits per heavy atom. The normalized spacial score (nSPS) is 17.9. The quantitative estimate of drug-likeness (QED) is 0.501. The molecule has 1 aliphatic heterocycles. The topological polar surface area (TPSA) is 29.5 Å². The van der Waals surface area contributed by atoms with E-state index in [4.69, 9.17) is 4.74 Å². The van der Waals surface area contributed by atoms with Gasteiger partial charge in [-0.1, -0.05) is 60.7 Å². The molecular formula is C23H19NO2. The van der Waals surface area contributed by atoms with Crippen LogP contribution in [0.5, 0.6) is 5.75 Å². The van der Waals surface area contributed by atoms with Gasteiger partial charge in [-0.2, -0.15) is 0 Å². The van der Waals surface area contributed by atoms with Crippen LogP contribution < -0.4 is 9.64 Å². The van der Waals surface area contributed by atoms with Gasteiger partial charge in [0.15, 0.2) is 0 Å². The van der Waals surface area contributed by atoms with Crippen LogP contribution >= 0.6 is 0 Å². The molecule has 0 unspecified atom stereocenters. The number of ether oxygens (including phenoxy) is 1. The number of methoxy groups -OCH3 is 1. The van der Waals surface area contributed by atoms with E-state index in [1.165, 1.54) is 0 Å². The number of benzene rings is 3. The molecule has 0 spiro atoms. The van der Waals surface area contributed by atoms with Crippen molar-refractivity contribution in [1.29, 1.82) is 0 Å². The lowest BCUT2D eigenvalue weighted by Crippen LogP contribution is -2.49. The van der Waals surface area contributed by atoms with Crippen LogP contribution in [-0.4, -0.2) is 13.0 Å². The highest BCUT2D eigenvalue weighted by Gasteiger charge is 2.43. The lowest BCUT2D eigenvalue weighted by molar-refractivity contribution is -0.118. The first-order chi connectivity index (χ1) is 12.8. The van der Waals surface area contributed by atoms with Crippen molar-refractivity contribution in [3.05, 3.63) is 102 Å². The van der Waals surface area contributed by atoms with Gasteiger partial charge in [0.2, 0.25) is 0 Å². The van der Waals surface area contributed by atoms with E-state index in [2.05, 4.69) is 12.1 Å². The minimum absolute atomic E-state index is 0.0351. The van der Waals surface area contributed by atoms with Crippen LogP contribution in [0.2, 0.25) is 0 Å². The maximum Gasteiger partial charge on any atom is 0.257 e. The summed E-state index contributed by atoms with van der Waals surface area (Å²) in [5, 5.41) is 0. The zero-order valence-electron chi connectivity index (χ0n) is 14.5. The van der Waals surface area contributed by atoms with Gasteiger partial charge in [0.05, 0.1) is 13.2 Å². The summed E-state index contributed by atoms with van der Waals surface area (Å²) in [5.41, 5.74) is 3.81. The average Bonchev–Trinajstić information content (AvgIpc) is 2.71. The molecule has 3 heteroatoms. The molecule has 0 aromatic heterocycles. The SMILES string of the molecule is COc1ccc(N2C(=O)/C(=C\c3ccccc3)[C@H]2c2ccccc2)cc1. The van der Waals surface area contributed by atoms with Crippen molar-refractivity contribution >= 4 is 17.7 Å². The molecule has 1 atom stereocenters. The van der Waals surface area contributed by atoms with Crippen molar-refractivity contribution in [1.82, 2.24) is 0 Å². The van der Waals surface area contributed by atoms with E-state index < -0.39 is 0 Å². The largest absolute Gasteiger partial charge is 0.497 e. The number of anilines is 1. The number of rotatable bonds is 4. The van der Waals surface area contributed by atoms with Gasteiger partial charge in [-0.3, -0.25) is 9.69 Å². The first kappa shape index (κ1) is 16.2. The highest BCUT2D eigenvalue weighted by Crippen LogP contribution is 2.44. The fourth-order valence-electron chi connectivity index (χ4n) is 3.29. The van der Waals surface area contributed by atoms with Crippen molar-refractivity contribution in [2.24, 2.45) is 0 Å². The summed E-state index contributed by atoms with van der Waals surface area (Å²) in [6, 6.07) is 27.6. The van der Waals surface area contributed by atoms with Crippen LogP contribution in [0.1, 0.15) is 17.2 Å². The maximum absolute atomic E-state index is 12.9. The number of nitrogens with zero attached hydrogens (tertiary/aromatic N) is 1. The maximum atomic E-state index is 12.9. The van der Waals surface area contributed by atoms with Crippen molar-refractivity contribution in [2.75, 3.05) is 12.0 Å². The number of carbonyl (C=O) groups is 1. The molecule has 0 aliphatic carbocycles. The standard InChI is InChI=1S/C23H19NO2/c1-26-20-14-12-19(13-15-20)24-22(18-10-6-3-7-11-18)21(23(24)25)16-17-8-4-2-5-9-17/h2-16,22H,1H3/b21-16-/t22-/m1/s1. The summed E-state index contributed by atoms with van der Waals surface area (Å²) in [6.07, 6.45) is 1.99. The number of β-lactam (4-membered cyclic amide) rings is 1. The molecule has 0 radical (unpaired) electrons. The summed E-state index contributed by atoms with van der Waals surface area (Å²) >= 11 is 0. The molecule has 1 saturated heterocycles. The number of hydrogen-bond donors (Lipinski definition) is 0. The Balaban J connectivity index is 1.74. The van der Waals surface area contributed by atoms with Gasteiger partial charge in [-0.15, -0.1) is 0 Å². The molecule has 1 aliphatic rings. The Morgan fingerprint density at radius 3 is 2.08 bits per heavy atom. The fraction of sp³-hybridized carbons (Fsp3) is 0.0870. The minimum atomic E-state index is -0.0858. The third-order valence-corrected chi connectivity index (χ3v) is 4.61. The van der Waals surface area contributed by atoms with Gasteiger partial charge >= 0.3 is 0 Å². The Labute approximate surface area is 153 Å². The molecule has 26 heavy (non-hydrogen) atoms. The second kappa shape index (κ2) is 6.89. The van der Waals surface area contributed by atoms with Crippen LogP contribution in [0.15, 0.2) is 90.5 Å². The second-order valence-electron chi connectivity index (χ2n) is 6.20. The molecule has 3 nitrogen and oxygen atoms in total. The summed E-state index contributed by atoms with van der Waals surface area (Å²) in [6.45, 7) is 0. The molecule has 3 aromatic rings. The molecule has 1 fully saturated rings. The summed E-state index contributed by atoms with van der Waals surface area (Å²) in [7, 11) is 1.64. The zero-order valence-corrected chi connectivity index (χ0v) is 14.5. The van der Waals surface area contributed by atoms with E-state index in [9.17, 15) is 4.79 Å². The van der Waals surface area contributed by atoms with Crippen molar-refractivity contribution in [3.8, 4) is 5.75 Å². The molecule has 1 amide bonds. The molecule has 0 saturated carbocycles. The summed E-state index contributed by atoms with van der Waals surface area (Å²) in [4.78, 5) is 14.8. The average molecular weight is 341 g/mol. The fourth-order valence-corrected chi connectivity index (χ4v) is 3.29. The first-order valence-electron chi connectivity index (χ1n) is 8.57. The van der Waals surface area contributed by atoms with Crippen molar-refractivity contribution in [2.45, 2.75) is 6.04 Å². The number of carbonyl (C=O) groups excluding carboxylic acids is 1. The number of amides is 1. The Hall–Kier alpha value is -3.33. The van der Waals surface area contributed by atoms with Gasteiger partial charge in [-0.05, 0) is 41.5 Å². The highest BCUT2D eigenvalue weighted by molar-refractivity contribution is 6.18. The van der Waals surface area contributed by atoms with Crippen LogP contribution in [0.25, 0.3) is 6.08 Å². The van der Waals surface area contributed by atoms with Gasteiger partial charge in [0, 0.05) is 11.3 Å². The van der Waals surface area contributed by atoms with Gasteiger partial charge in [0.25, 0.3) is 5.91 Å². The van der Waals surface area contributed by atoms with E-state index in [0.29, 0.717) is 0 Å². The number of hydrogen-bond acceptors (Lipinski definition) is 2. The molecule has 0 N–H and O–H groups in total. The molecule has 4 rings (SSSR count). The molecular weight excluding hydrogens is 322 g/mol. The summed E-state index contributed by atoms with van der Waals surface area (Å²) in [5.74, 6) is 0.811. The highest BCUT2D eigenvalue weighted by atomic mass is 16.5. The van der Waals surface area contributed by atoms with Crippen molar-refractivity contribution < 1.29 is 9.53 Å². The van der Waals surface area contributed by atoms with Crippen molar-refractivity contribution in [3.63, 3.8) is 0 Å². The first-order valence-corrected chi connectivity index (χ1v) is 8.57. The predicted octanol–water partition coefficient (Wildman–Crippen LogP) is 4.87. The lowest BCUT2D eigenvalue weighted by atomic mass is 9.86. The van der Waals surface area contributed by atoms with Gasteiger partial charge in [-0.25, -0.2) is 0 Å². The molecule has 3 aromatic carbocycles. The Kier molecular flexibility index (Phi) is 4.28. The Bertz CT molecular complexity index is 931. The monoisotopic (exact) mass is 341 g/mol. The third kappa shape index (κ3) is 2.88.